The molecule has 0 amide bonds. The van der Waals surface area contributed by atoms with Gasteiger partial charge in [0.25, 0.3) is 0 Å². The van der Waals surface area contributed by atoms with Crippen molar-refractivity contribution in [3.05, 3.63) is 0 Å². The zero-order chi connectivity index (χ0) is 12.0. The molecule has 1 fully saturated rings. The van der Waals surface area contributed by atoms with Gasteiger partial charge in [-0.05, 0) is 25.7 Å². The Morgan fingerprint density at radius 1 is 1.31 bits per heavy atom. The first-order chi connectivity index (χ1) is 7.65. The van der Waals surface area contributed by atoms with Crippen LogP contribution in [-0.2, 0) is 14.3 Å². The third-order valence-corrected chi connectivity index (χ3v) is 2.88. The van der Waals surface area contributed by atoms with Crippen LogP contribution in [0.1, 0.15) is 39.0 Å². The van der Waals surface area contributed by atoms with Crippen LogP contribution in [0.15, 0.2) is 0 Å². The molecule has 1 aliphatic rings. The molecule has 5 nitrogen and oxygen atoms in total. The van der Waals surface area contributed by atoms with Crippen LogP contribution in [0.2, 0.25) is 0 Å². The molecule has 0 saturated heterocycles. The third kappa shape index (κ3) is 3.81. The summed E-state index contributed by atoms with van der Waals surface area (Å²) in [5.41, 5.74) is 5.75. The second kappa shape index (κ2) is 6.48. The van der Waals surface area contributed by atoms with E-state index in [2.05, 4.69) is 9.47 Å². The van der Waals surface area contributed by atoms with Crippen molar-refractivity contribution in [2.24, 2.45) is 11.7 Å². The molecular formula is C11H19NO4. The van der Waals surface area contributed by atoms with Crippen molar-refractivity contribution in [2.45, 2.75) is 45.1 Å². The normalized spacial score (nSPS) is 18.9. The van der Waals surface area contributed by atoms with Crippen LogP contribution < -0.4 is 5.73 Å². The number of carbonyl (C=O) groups is 2. The first kappa shape index (κ1) is 13.0. The monoisotopic (exact) mass is 229 g/mol. The maximum Gasteiger partial charge on any atom is 0.516 e. The molecule has 92 valence electrons. The Labute approximate surface area is 95.3 Å². The van der Waals surface area contributed by atoms with Crippen LogP contribution in [0.5, 0.6) is 0 Å². The van der Waals surface area contributed by atoms with Gasteiger partial charge in [-0.1, -0.05) is 19.3 Å². The standard InChI is InChI=1S/C11H19NO4/c1-2-15-11(14)16-10(13)9(12)8-6-4-3-5-7-8/h8-9H,2-7,12H2,1H3. The lowest BCUT2D eigenvalue weighted by Gasteiger charge is -2.25. The number of esters is 1. The minimum absolute atomic E-state index is 0.135. The molecule has 1 rings (SSSR count). The highest BCUT2D eigenvalue weighted by molar-refractivity contribution is 5.85. The van der Waals surface area contributed by atoms with Gasteiger partial charge in [0.05, 0.1) is 6.61 Å². The fraction of sp³-hybridized carbons (Fsp3) is 0.818. The van der Waals surface area contributed by atoms with E-state index in [1.54, 1.807) is 6.92 Å². The summed E-state index contributed by atoms with van der Waals surface area (Å²) < 4.78 is 8.99. The first-order valence-corrected chi connectivity index (χ1v) is 5.79. The first-order valence-electron chi connectivity index (χ1n) is 5.79. The average molecular weight is 229 g/mol. The summed E-state index contributed by atoms with van der Waals surface area (Å²) in [6, 6.07) is -0.704. The minimum Gasteiger partial charge on any atom is -0.434 e. The van der Waals surface area contributed by atoms with Crippen LogP contribution in [0, 0.1) is 5.92 Å². The van der Waals surface area contributed by atoms with E-state index in [1.165, 1.54) is 6.42 Å². The lowest BCUT2D eigenvalue weighted by atomic mass is 9.84. The molecule has 0 bridgehead atoms. The van der Waals surface area contributed by atoms with Gasteiger partial charge in [-0.25, -0.2) is 9.59 Å². The number of nitrogens with two attached hydrogens (primary N) is 1. The molecule has 0 aromatic carbocycles. The highest BCUT2D eigenvalue weighted by Crippen LogP contribution is 2.26. The zero-order valence-electron chi connectivity index (χ0n) is 9.61. The number of hydrogen-bond acceptors (Lipinski definition) is 5. The van der Waals surface area contributed by atoms with Gasteiger partial charge in [0.1, 0.15) is 6.04 Å². The van der Waals surface area contributed by atoms with E-state index in [9.17, 15) is 9.59 Å². The predicted molar refractivity (Wildman–Crippen MR) is 57.7 cm³/mol. The van der Waals surface area contributed by atoms with E-state index in [-0.39, 0.29) is 12.5 Å². The van der Waals surface area contributed by atoms with E-state index in [1.807, 2.05) is 0 Å². The molecule has 0 aliphatic heterocycles. The van der Waals surface area contributed by atoms with Gasteiger partial charge in [0, 0.05) is 0 Å². The molecular weight excluding hydrogens is 210 g/mol. The number of carbonyl (C=O) groups excluding carboxylic acids is 2. The third-order valence-electron chi connectivity index (χ3n) is 2.88. The van der Waals surface area contributed by atoms with E-state index in [0.29, 0.717) is 0 Å². The molecule has 0 spiro atoms. The van der Waals surface area contributed by atoms with Gasteiger partial charge >= 0.3 is 12.1 Å². The van der Waals surface area contributed by atoms with Crippen molar-refractivity contribution in [1.29, 1.82) is 0 Å². The Balaban J connectivity index is 2.37. The minimum atomic E-state index is -0.959. The SMILES string of the molecule is CCOC(=O)OC(=O)C(N)C1CCCCC1. The Hall–Kier alpha value is -1.10. The van der Waals surface area contributed by atoms with Crippen LogP contribution >= 0.6 is 0 Å². The van der Waals surface area contributed by atoms with Gasteiger partial charge in [0.2, 0.25) is 0 Å². The highest BCUT2D eigenvalue weighted by Gasteiger charge is 2.29. The van der Waals surface area contributed by atoms with Crippen LogP contribution in [0.4, 0.5) is 4.79 Å². The molecule has 0 aromatic rings. The van der Waals surface area contributed by atoms with Crippen molar-refractivity contribution < 1.29 is 19.1 Å². The highest BCUT2D eigenvalue weighted by atomic mass is 16.7. The van der Waals surface area contributed by atoms with Crippen molar-refractivity contribution in [3.63, 3.8) is 0 Å². The fourth-order valence-corrected chi connectivity index (χ4v) is 1.98. The Kier molecular flexibility index (Phi) is 5.25. The number of rotatable bonds is 3. The maximum absolute atomic E-state index is 11.5. The molecule has 1 aliphatic carbocycles. The Bertz CT molecular complexity index is 248. The van der Waals surface area contributed by atoms with Crippen LogP contribution in [-0.4, -0.2) is 24.8 Å². The van der Waals surface area contributed by atoms with Gasteiger partial charge in [-0.15, -0.1) is 0 Å². The number of hydrogen-bond donors (Lipinski definition) is 1. The van der Waals surface area contributed by atoms with E-state index in [0.717, 1.165) is 25.7 Å². The summed E-state index contributed by atoms with van der Waals surface area (Å²) >= 11 is 0. The molecule has 1 atom stereocenters. The summed E-state index contributed by atoms with van der Waals surface area (Å²) in [5, 5.41) is 0. The lowest BCUT2D eigenvalue weighted by molar-refractivity contribution is -0.142. The quantitative estimate of drug-likeness (QED) is 0.587. The van der Waals surface area contributed by atoms with Crippen molar-refractivity contribution in [2.75, 3.05) is 6.61 Å². The summed E-state index contributed by atoms with van der Waals surface area (Å²) in [6.07, 6.45) is 4.27. The molecule has 1 unspecified atom stereocenters. The van der Waals surface area contributed by atoms with Gasteiger partial charge < -0.3 is 15.2 Å². The zero-order valence-corrected chi connectivity index (χ0v) is 9.61. The smallest absolute Gasteiger partial charge is 0.434 e. The second-order valence-corrected chi connectivity index (χ2v) is 4.03. The van der Waals surface area contributed by atoms with Crippen molar-refractivity contribution >= 4 is 12.1 Å². The average Bonchev–Trinajstić information content (AvgIpc) is 2.29. The second-order valence-electron chi connectivity index (χ2n) is 4.03. The summed E-state index contributed by atoms with van der Waals surface area (Å²) in [5.74, 6) is -0.541. The van der Waals surface area contributed by atoms with Crippen LogP contribution in [0.25, 0.3) is 0 Å². The molecule has 2 N–H and O–H groups in total. The van der Waals surface area contributed by atoms with E-state index < -0.39 is 18.2 Å². The summed E-state index contributed by atoms with van der Waals surface area (Å²) in [7, 11) is 0. The topological polar surface area (TPSA) is 78.6 Å². The largest absolute Gasteiger partial charge is 0.516 e. The van der Waals surface area contributed by atoms with E-state index >= 15 is 0 Å². The molecule has 5 heteroatoms. The molecule has 0 aromatic heterocycles. The lowest BCUT2D eigenvalue weighted by Crippen LogP contribution is -2.41. The molecule has 0 heterocycles. The Morgan fingerprint density at radius 3 is 2.50 bits per heavy atom. The molecule has 0 radical (unpaired) electrons. The maximum atomic E-state index is 11.5. The van der Waals surface area contributed by atoms with Gasteiger partial charge in [-0.3, -0.25) is 0 Å². The predicted octanol–water partition coefficient (Wildman–Crippen LogP) is 1.59. The summed E-state index contributed by atoms with van der Waals surface area (Å²) in [6.45, 7) is 1.83. The van der Waals surface area contributed by atoms with E-state index in [4.69, 9.17) is 5.73 Å². The van der Waals surface area contributed by atoms with Crippen molar-refractivity contribution in [1.82, 2.24) is 0 Å². The Morgan fingerprint density at radius 2 is 1.94 bits per heavy atom. The van der Waals surface area contributed by atoms with Crippen molar-refractivity contribution in [3.8, 4) is 0 Å². The van der Waals surface area contributed by atoms with Gasteiger partial charge in [0.15, 0.2) is 0 Å². The van der Waals surface area contributed by atoms with Gasteiger partial charge in [-0.2, -0.15) is 0 Å². The molecule has 1 saturated carbocycles. The summed E-state index contributed by atoms with van der Waals surface area (Å²) in [4.78, 5) is 22.4. The molecule has 16 heavy (non-hydrogen) atoms. The fourth-order valence-electron chi connectivity index (χ4n) is 1.98. The number of ether oxygens (including phenoxy) is 2. The van der Waals surface area contributed by atoms with Crippen LogP contribution in [0.3, 0.4) is 0 Å².